The molecule has 0 unspecified atom stereocenters. The van der Waals surface area contributed by atoms with E-state index in [1.807, 2.05) is 23.5 Å². The van der Waals surface area contributed by atoms with Crippen molar-refractivity contribution in [2.24, 2.45) is 0 Å². The maximum atomic E-state index is 6.56. The molecule has 0 aliphatic rings. The summed E-state index contributed by atoms with van der Waals surface area (Å²) in [6, 6.07) is 60.5. The molecule has 0 aliphatic heterocycles. The summed E-state index contributed by atoms with van der Waals surface area (Å²) >= 11 is 1.86. The molecule has 0 amide bonds. The van der Waals surface area contributed by atoms with Crippen molar-refractivity contribution in [2.75, 3.05) is 4.90 Å². The van der Waals surface area contributed by atoms with E-state index in [0.717, 1.165) is 44.7 Å². The van der Waals surface area contributed by atoms with E-state index in [-0.39, 0.29) is 0 Å². The lowest BCUT2D eigenvalue weighted by atomic mass is 10.0. The number of hydrogen-bond donors (Lipinski definition) is 0. The quantitative estimate of drug-likeness (QED) is 0.188. The highest BCUT2D eigenvalue weighted by atomic mass is 32.1. The second-order valence-corrected chi connectivity index (χ2v) is 13.2. The Hall–Kier alpha value is -6.10. The van der Waals surface area contributed by atoms with Crippen LogP contribution in [-0.4, -0.2) is 4.57 Å². The van der Waals surface area contributed by atoms with E-state index in [1.54, 1.807) is 0 Å². The number of rotatable bonds is 5. The third-order valence-corrected chi connectivity index (χ3v) is 10.6. The Balaban J connectivity index is 1.15. The van der Waals surface area contributed by atoms with Crippen LogP contribution in [0.4, 0.5) is 17.1 Å². The van der Waals surface area contributed by atoms with Crippen LogP contribution >= 0.6 is 11.3 Å². The highest BCUT2D eigenvalue weighted by Crippen LogP contribution is 2.45. The predicted octanol–water partition coefficient (Wildman–Crippen LogP) is 13.0. The molecular formula is C44H28N2OS. The van der Waals surface area contributed by atoms with Crippen LogP contribution < -0.4 is 4.90 Å². The zero-order valence-corrected chi connectivity index (χ0v) is 26.7. The van der Waals surface area contributed by atoms with Gasteiger partial charge in [-0.1, -0.05) is 109 Å². The fourth-order valence-electron chi connectivity index (χ4n) is 7.22. The Bertz CT molecular complexity index is 2770. The molecule has 3 heterocycles. The topological polar surface area (TPSA) is 21.3 Å². The summed E-state index contributed by atoms with van der Waals surface area (Å²) < 4.78 is 10.3. The first-order chi connectivity index (χ1) is 23.8. The van der Waals surface area contributed by atoms with E-state index in [9.17, 15) is 0 Å². The molecule has 3 aromatic heterocycles. The third kappa shape index (κ3) is 4.13. The number of hydrogen-bond acceptors (Lipinski definition) is 3. The minimum atomic E-state index is 0.873. The van der Waals surface area contributed by atoms with Crippen LogP contribution in [0.2, 0.25) is 0 Å². The number of fused-ring (bicyclic) bond motifs is 8. The number of benzene rings is 7. The fourth-order valence-corrected chi connectivity index (χ4v) is 8.47. The normalized spacial score (nSPS) is 11.8. The Labute approximate surface area is 281 Å². The molecule has 0 radical (unpaired) electrons. The molecule has 0 saturated heterocycles. The van der Waals surface area contributed by atoms with Gasteiger partial charge >= 0.3 is 0 Å². The van der Waals surface area contributed by atoms with Gasteiger partial charge in [0.05, 0.1) is 11.2 Å². The van der Waals surface area contributed by atoms with Gasteiger partial charge in [-0.2, -0.15) is 0 Å². The van der Waals surface area contributed by atoms with Crippen LogP contribution in [0.3, 0.4) is 0 Å². The molecule has 0 saturated carbocycles. The van der Waals surface area contributed by atoms with Gasteiger partial charge in [-0.15, -0.1) is 11.3 Å². The zero-order valence-electron chi connectivity index (χ0n) is 25.9. The molecule has 0 bridgehead atoms. The molecule has 0 aliphatic carbocycles. The summed E-state index contributed by atoms with van der Waals surface area (Å²) in [5, 5.41) is 6.15. The first-order valence-electron chi connectivity index (χ1n) is 16.2. The minimum Gasteiger partial charge on any atom is -0.454 e. The SMILES string of the molecule is c1ccc(-c2ccc(N(c3ccc(-n4c5ccccc5c5c6ccccc6sc54)cc3)c3cccc4c3oc3ccccc34)cc2)cc1. The molecule has 0 spiro atoms. The standard InChI is InChI=1S/C44H28N2OS/c1-2-11-29(12-3-1)30-21-23-31(24-22-30)45(39-18-10-16-35-34-13-5-8-19-40(34)47-43(35)39)32-25-27-33(28-26-32)46-38-17-7-4-14-36(38)42-37-15-6-9-20-41(37)48-44(42)46/h1-28H. The largest absolute Gasteiger partial charge is 0.454 e. The monoisotopic (exact) mass is 632 g/mol. The summed E-state index contributed by atoms with van der Waals surface area (Å²) in [5.74, 6) is 0. The number of nitrogens with zero attached hydrogens (tertiary/aromatic N) is 2. The Morgan fingerprint density at radius 2 is 1.10 bits per heavy atom. The predicted molar refractivity (Wildman–Crippen MR) is 204 cm³/mol. The van der Waals surface area contributed by atoms with Crippen molar-refractivity contribution in [2.45, 2.75) is 0 Å². The highest BCUT2D eigenvalue weighted by Gasteiger charge is 2.21. The molecule has 0 N–H and O–H groups in total. The third-order valence-electron chi connectivity index (χ3n) is 9.42. The van der Waals surface area contributed by atoms with Crippen LogP contribution in [0, 0.1) is 0 Å². The van der Waals surface area contributed by atoms with Crippen molar-refractivity contribution in [3.8, 4) is 16.8 Å². The Morgan fingerprint density at radius 1 is 0.479 bits per heavy atom. The van der Waals surface area contributed by atoms with Crippen molar-refractivity contribution in [1.29, 1.82) is 0 Å². The number of furan rings is 1. The van der Waals surface area contributed by atoms with Gasteiger partial charge in [0.25, 0.3) is 0 Å². The van der Waals surface area contributed by atoms with Gasteiger partial charge in [-0.3, -0.25) is 0 Å². The van der Waals surface area contributed by atoms with Gasteiger partial charge in [-0.25, -0.2) is 0 Å². The van der Waals surface area contributed by atoms with Crippen LogP contribution in [0.15, 0.2) is 174 Å². The van der Waals surface area contributed by atoms with Crippen molar-refractivity contribution in [3.63, 3.8) is 0 Å². The Kier molecular flexibility index (Phi) is 6.05. The summed E-state index contributed by atoms with van der Waals surface area (Å²) in [6.07, 6.45) is 0. The van der Waals surface area contributed by atoms with Gasteiger partial charge in [-0.05, 0) is 71.8 Å². The number of para-hydroxylation sites is 3. The second kappa shape index (κ2) is 10.7. The lowest BCUT2D eigenvalue weighted by Gasteiger charge is -2.26. The van der Waals surface area contributed by atoms with Gasteiger partial charge in [0, 0.05) is 48.7 Å². The number of thiophene rings is 1. The molecule has 48 heavy (non-hydrogen) atoms. The summed E-state index contributed by atoms with van der Waals surface area (Å²) in [6.45, 7) is 0. The number of anilines is 3. The lowest BCUT2D eigenvalue weighted by Crippen LogP contribution is -2.10. The summed E-state index contributed by atoms with van der Waals surface area (Å²) in [7, 11) is 0. The second-order valence-electron chi connectivity index (χ2n) is 12.1. The molecule has 3 nitrogen and oxygen atoms in total. The minimum absolute atomic E-state index is 0.873. The van der Waals surface area contributed by atoms with E-state index >= 15 is 0 Å². The van der Waals surface area contributed by atoms with Crippen molar-refractivity contribution in [1.82, 2.24) is 4.57 Å². The van der Waals surface area contributed by atoms with E-state index in [1.165, 1.54) is 42.3 Å². The summed E-state index contributed by atoms with van der Waals surface area (Å²) in [5.41, 5.74) is 9.63. The van der Waals surface area contributed by atoms with Gasteiger partial charge in [0.1, 0.15) is 10.4 Å². The van der Waals surface area contributed by atoms with Gasteiger partial charge in [0.15, 0.2) is 5.58 Å². The van der Waals surface area contributed by atoms with Crippen molar-refractivity contribution < 1.29 is 4.42 Å². The smallest absolute Gasteiger partial charge is 0.159 e. The molecule has 0 atom stereocenters. The first kappa shape index (κ1) is 27.1. The fraction of sp³-hybridized carbons (Fsp3) is 0. The molecular weight excluding hydrogens is 605 g/mol. The van der Waals surface area contributed by atoms with Crippen LogP contribution in [-0.2, 0) is 0 Å². The first-order valence-corrected chi connectivity index (χ1v) is 17.0. The van der Waals surface area contributed by atoms with Gasteiger partial charge < -0.3 is 13.9 Å². The van der Waals surface area contributed by atoms with E-state index < -0.39 is 0 Å². The number of aromatic nitrogens is 1. The molecule has 226 valence electrons. The molecule has 7 aromatic carbocycles. The average Bonchev–Trinajstić information content (AvgIpc) is 3.82. The maximum Gasteiger partial charge on any atom is 0.159 e. The molecule has 4 heteroatoms. The lowest BCUT2D eigenvalue weighted by molar-refractivity contribution is 0.669. The van der Waals surface area contributed by atoms with Gasteiger partial charge in [0.2, 0.25) is 0 Å². The summed E-state index contributed by atoms with van der Waals surface area (Å²) in [4.78, 5) is 3.58. The van der Waals surface area contributed by atoms with Crippen LogP contribution in [0.1, 0.15) is 0 Å². The van der Waals surface area contributed by atoms with Crippen molar-refractivity contribution in [3.05, 3.63) is 170 Å². The molecule has 0 fully saturated rings. The Morgan fingerprint density at radius 3 is 1.92 bits per heavy atom. The molecule has 10 rings (SSSR count). The van der Waals surface area contributed by atoms with E-state index in [0.29, 0.717) is 0 Å². The molecule has 10 aromatic rings. The van der Waals surface area contributed by atoms with Crippen LogP contribution in [0.25, 0.3) is 70.0 Å². The highest BCUT2D eigenvalue weighted by molar-refractivity contribution is 7.25. The average molecular weight is 633 g/mol. The van der Waals surface area contributed by atoms with Crippen molar-refractivity contribution >= 4 is 81.5 Å². The zero-order chi connectivity index (χ0) is 31.6. The van der Waals surface area contributed by atoms with Crippen LogP contribution in [0.5, 0.6) is 0 Å². The van der Waals surface area contributed by atoms with E-state index in [4.69, 9.17) is 4.42 Å². The van der Waals surface area contributed by atoms with E-state index in [2.05, 4.69) is 167 Å². The maximum absolute atomic E-state index is 6.56.